The molecule has 0 bridgehead atoms. The summed E-state index contributed by atoms with van der Waals surface area (Å²) in [5.41, 5.74) is 0.734. The molecule has 0 fully saturated rings. The van der Waals surface area contributed by atoms with Crippen molar-refractivity contribution in [3.8, 4) is 0 Å². The van der Waals surface area contributed by atoms with Gasteiger partial charge in [0.15, 0.2) is 5.90 Å². The maximum atomic E-state index is 7.21. The Kier molecular flexibility index (Phi) is 8.33. The average Bonchev–Trinajstić information content (AvgIpc) is 2.10. The number of methoxy groups -OCH3 is 1. The normalized spacial score (nSPS) is 9.69. The topological polar surface area (TPSA) is 56.9 Å². The van der Waals surface area contributed by atoms with E-state index < -0.39 is 0 Å². The van der Waals surface area contributed by atoms with Crippen LogP contribution in [0.5, 0.6) is 0 Å². The Labute approximate surface area is 87.4 Å². The molecule has 0 aliphatic rings. The average molecular weight is 220 g/mol. The molecule has 0 unspecified atom stereocenters. The first kappa shape index (κ1) is 12.8. The number of nitrogens with one attached hydrogen (secondary N) is 2. The first-order valence-electron chi connectivity index (χ1n) is 4.06. The summed E-state index contributed by atoms with van der Waals surface area (Å²) in [4.78, 5) is 0. The number of rotatable bonds is 7. The standard InChI is InChI=1S/C8H16N2OS2/c1-7(9)3-5-12-13-6-4-8(10)11-2/h9-10H,3-6H2,1-2H3. The second kappa shape index (κ2) is 8.44. The van der Waals surface area contributed by atoms with Gasteiger partial charge in [0.05, 0.1) is 7.11 Å². The molecule has 13 heavy (non-hydrogen) atoms. The Morgan fingerprint density at radius 3 is 2.15 bits per heavy atom. The zero-order valence-corrected chi connectivity index (χ0v) is 9.69. The molecule has 0 saturated carbocycles. The van der Waals surface area contributed by atoms with Crippen molar-refractivity contribution < 1.29 is 4.74 Å². The Hall–Kier alpha value is -0.160. The maximum Gasteiger partial charge on any atom is 0.180 e. The highest BCUT2D eigenvalue weighted by molar-refractivity contribution is 8.76. The quantitative estimate of drug-likeness (QED) is 0.300. The van der Waals surface area contributed by atoms with Gasteiger partial charge in [0.1, 0.15) is 0 Å². The molecule has 5 heteroatoms. The second-order valence-corrected chi connectivity index (χ2v) is 5.25. The van der Waals surface area contributed by atoms with E-state index in [9.17, 15) is 0 Å². The van der Waals surface area contributed by atoms with E-state index in [4.69, 9.17) is 15.6 Å². The largest absolute Gasteiger partial charge is 0.484 e. The monoisotopic (exact) mass is 220 g/mol. The lowest BCUT2D eigenvalue weighted by atomic mass is 10.3. The minimum atomic E-state index is 0.344. The lowest BCUT2D eigenvalue weighted by molar-refractivity contribution is 0.389. The molecule has 0 atom stereocenters. The molecule has 0 aliphatic heterocycles. The van der Waals surface area contributed by atoms with Crippen LogP contribution in [0.25, 0.3) is 0 Å². The SMILES string of the molecule is COC(=N)CCSSCCC(C)=N. The zero-order valence-electron chi connectivity index (χ0n) is 8.05. The molecule has 0 saturated heterocycles. The number of hydrogen-bond acceptors (Lipinski definition) is 5. The highest BCUT2D eigenvalue weighted by Gasteiger charge is 1.96. The molecule has 3 nitrogen and oxygen atoms in total. The van der Waals surface area contributed by atoms with Crippen molar-refractivity contribution in [3.63, 3.8) is 0 Å². The molecule has 0 amide bonds. The number of ether oxygens (including phenoxy) is 1. The van der Waals surface area contributed by atoms with Gasteiger partial charge >= 0.3 is 0 Å². The third kappa shape index (κ3) is 9.76. The van der Waals surface area contributed by atoms with Crippen LogP contribution in [0.2, 0.25) is 0 Å². The van der Waals surface area contributed by atoms with E-state index >= 15 is 0 Å². The van der Waals surface area contributed by atoms with E-state index in [0.717, 1.165) is 23.6 Å². The Balaban J connectivity index is 3.08. The summed E-state index contributed by atoms with van der Waals surface area (Å²) in [7, 11) is 5.02. The zero-order chi connectivity index (χ0) is 10.1. The highest BCUT2D eigenvalue weighted by atomic mass is 33.1. The van der Waals surface area contributed by atoms with Gasteiger partial charge < -0.3 is 10.1 Å². The molecule has 0 aliphatic carbocycles. The molecule has 2 N–H and O–H groups in total. The van der Waals surface area contributed by atoms with Gasteiger partial charge in [-0.05, 0) is 13.3 Å². The fourth-order valence-corrected chi connectivity index (χ4v) is 2.65. The van der Waals surface area contributed by atoms with Crippen LogP contribution < -0.4 is 0 Å². The molecular weight excluding hydrogens is 204 g/mol. The Morgan fingerprint density at radius 1 is 1.15 bits per heavy atom. The van der Waals surface area contributed by atoms with E-state index in [1.54, 1.807) is 21.6 Å². The molecule has 0 heterocycles. The summed E-state index contributed by atoms with van der Waals surface area (Å²) >= 11 is 0. The van der Waals surface area contributed by atoms with Gasteiger partial charge in [-0.3, -0.25) is 5.41 Å². The summed E-state index contributed by atoms with van der Waals surface area (Å²) in [5.74, 6) is 2.24. The van der Waals surface area contributed by atoms with Gasteiger partial charge in [-0.1, -0.05) is 21.6 Å². The first-order valence-corrected chi connectivity index (χ1v) is 6.55. The van der Waals surface area contributed by atoms with Crippen molar-refractivity contribution in [2.24, 2.45) is 0 Å². The third-order valence-corrected chi connectivity index (χ3v) is 3.71. The van der Waals surface area contributed by atoms with Crippen molar-refractivity contribution >= 4 is 33.2 Å². The third-order valence-electron chi connectivity index (χ3n) is 1.30. The predicted octanol–water partition coefficient (Wildman–Crippen LogP) is 2.81. The van der Waals surface area contributed by atoms with Crippen LogP contribution in [0.1, 0.15) is 19.8 Å². The summed E-state index contributed by atoms with van der Waals surface area (Å²) in [6, 6.07) is 0. The maximum absolute atomic E-state index is 7.21. The van der Waals surface area contributed by atoms with E-state index in [2.05, 4.69) is 0 Å². The molecule has 0 rings (SSSR count). The summed E-state index contributed by atoms with van der Waals surface area (Å²) in [5, 5.41) is 14.4. The van der Waals surface area contributed by atoms with Crippen LogP contribution in [0.15, 0.2) is 0 Å². The van der Waals surface area contributed by atoms with Crippen LogP contribution in [-0.2, 0) is 4.74 Å². The van der Waals surface area contributed by atoms with Crippen molar-refractivity contribution in [1.29, 1.82) is 10.8 Å². The van der Waals surface area contributed by atoms with E-state index in [1.165, 1.54) is 7.11 Å². The van der Waals surface area contributed by atoms with Gasteiger partial charge in [0.2, 0.25) is 0 Å². The summed E-state index contributed by atoms with van der Waals surface area (Å²) in [6.45, 7) is 1.83. The molecule has 0 spiro atoms. The minimum Gasteiger partial charge on any atom is -0.484 e. The molecule has 0 aromatic carbocycles. The molecule has 0 aromatic heterocycles. The Bertz CT molecular complexity index is 174. The number of hydrogen-bond donors (Lipinski definition) is 2. The van der Waals surface area contributed by atoms with Crippen molar-refractivity contribution in [2.45, 2.75) is 19.8 Å². The molecular formula is C8H16N2OS2. The summed E-state index contributed by atoms with van der Waals surface area (Å²) < 4.78 is 4.72. The summed E-state index contributed by atoms with van der Waals surface area (Å²) in [6.07, 6.45) is 1.55. The van der Waals surface area contributed by atoms with Crippen LogP contribution in [-0.4, -0.2) is 30.2 Å². The fourth-order valence-electron chi connectivity index (χ4n) is 0.549. The van der Waals surface area contributed by atoms with E-state index in [0.29, 0.717) is 12.3 Å². The van der Waals surface area contributed by atoms with Gasteiger partial charge in [-0.25, -0.2) is 0 Å². The van der Waals surface area contributed by atoms with Crippen molar-refractivity contribution in [1.82, 2.24) is 0 Å². The van der Waals surface area contributed by atoms with Crippen molar-refractivity contribution in [2.75, 3.05) is 18.6 Å². The van der Waals surface area contributed by atoms with Crippen LogP contribution >= 0.6 is 21.6 Å². The first-order chi connectivity index (χ1) is 6.16. The Morgan fingerprint density at radius 2 is 1.69 bits per heavy atom. The van der Waals surface area contributed by atoms with Gasteiger partial charge in [-0.2, -0.15) is 0 Å². The minimum absolute atomic E-state index is 0.344. The lowest BCUT2D eigenvalue weighted by Gasteiger charge is -2.01. The molecule has 0 aromatic rings. The van der Waals surface area contributed by atoms with Gasteiger partial charge in [0, 0.05) is 23.6 Å². The lowest BCUT2D eigenvalue weighted by Crippen LogP contribution is -1.99. The fraction of sp³-hybridized carbons (Fsp3) is 0.750. The highest BCUT2D eigenvalue weighted by Crippen LogP contribution is 2.22. The van der Waals surface area contributed by atoms with Crippen molar-refractivity contribution in [3.05, 3.63) is 0 Å². The van der Waals surface area contributed by atoms with Crippen LogP contribution in [0, 0.1) is 10.8 Å². The van der Waals surface area contributed by atoms with E-state index in [-0.39, 0.29) is 0 Å². The smallest absolute Gasteiger partial charge is 0.180 e. The van der Waals surface area contributed by atoms with Gasteiger partial charge in [-0.15, -0.1) is 0 Å². The predicted molar refractivity (Wildman–Crippen MR) is 62.3 cm³/mol. The van der Waals surface area contributed by atoms with Gasteiger partial charge in [0.25, 0.3) is 0 Å². The second-order valence-electron chi connectivity index (χ2n) is 2.55. The van der Waals surface area contributed by atoms with Crippen LogP contribution in [0.4, 0.5) is 0 Å². The molecule has 76 valence electrons. The van der Waals surface area contributed by atoms with Crippen LogP contribution in [0.3, 0.4) is 0 Å². The van der Waals surface area contributed by atoms with E-state index in [1.807, 2.05) is 6.92 Å². The molecule has 0 radical (unpaired) electrons.